The third kappa shape index (κ3) is 3.81. The van der Waals surface area contributed by atoms with Crippen molar-refractivity contribution in [2.45, 2.75) is 45.6 Å². The van der Waals surface area contributed by atoms with Crippen molar-refractivity contribution in [3.63, 3.8) is 0 Å². The van der Waals surface area contributed by atoms with Crippen molar-refractivity contribution in [2.75, 3.05) is 6.54 Å². The summed E-state index contributed by atoms with van der Waals surface area (Å²) < 4.78 is 1.61. The van der Waals surface area contributed by atoms with Crippen molar-refractivity contribution < 1.29 is 14.7 Å². The smallest absolute Gasteiger partial charge is 0.305 e. The van der Waals surface area contributed by atoms with Gasteiger partial charge >= 0.3 is 5.97 Å². The predicted molar refractivity (Wildman–Crippen MR) is 70.9 cm³/mol. The first-order valence-electron chi connectivity index (χ1n) is 6.30. The molecular formula is C13H21N3O3. The van der Waals surface area contributed by atoms with Gasteiger partial charge in [0.2, 0.25) is 5.91 Å². The summed E-state index contributed by atoms with van der Waals surface area (Å²) in [5.41, 5.74) is 0.220. The largest absolute Gasteiger partial charge is 0.481 e. The van der Waals surface area contributed by atoms with Gasteiger partial charge in [-0.05, 0) is 25.3 Å². The number of nitrogens with one attached hydrogen (secondary N) is 1. The summed E-state index contributed by atoms with van der Waals surface area (Å²) in [6.45, 7) is 7.74. The van der Waals surface area contributed by atoms with Gasteiger partial charge in [-0.25, -0.2) is 0 Å². The van der Waals surface area contributed by atoms with Crippen molar-refractivity contribution in [1.82, 2.24) is 15.1 Å². The van der Waals surface area contributed by atoms with Crippen molar-refractivity contribution >= 4 is 11.9 Å². The summed E-state index contributed by atoms with van der Waals surface area (Å²) in [7, 11) is 0. The molecule has 2 N–H and O–H groups in total. The molecule has 0 aliphatic heterocycles. The first-order chi connectivity index (χ1) is 8.75. The van der Waals surface area contributed by atoms with E-state index in [0.29, 0.717) is 5.92 Å². The fraction of sp³-hybridized carbons (Fsp3) is 0.615. The zero-order chi connectivity index (χ0) is 14.6. The molecule has 1 heterocycles. The molecule has 0 radical (unpaired) electrons. The van der Waals surface area contributed by atoms with E-state index in [0.717, 1.165) is 5.56 Å². The fourth-order valence-electron chi connectivity index (χ4n) is 1.54. The molecule has 0 aliphatic carbocycles. The lowest BCUT2D eigenvalue weighted by Gasteiger charge is -2.24. The second-order valence-electron chi connectivity index (χ2n) is 5.33. The Morgan fingerprint density at radius 3 is 2.58 bits per heavy atom. The maximum atomic E-state index is 12.1. The zero-order valence-electron chi connectivity index (χ0n) is 11.8. The SMILES string of the molecule is CC(C)c1cnn(C(C)(C)C(=O)NCCC(=O)O)c1. The molecule has 1 rings (SSSR count). The summed E-state index contributed by atoms with van der Waals surface area (Å²) in [4.78, 5) is 22.5. The van der Waals surface area contributed by atoms with Crippen LogP contribution in [0.15, 0.2) is 12.4 Å². The minimum Gasteiger partial charge on any atom is -0.481 e. The maximum absolute atomic E-state index is 12.1. The molecule has 0 unspecified atom stereocenters. The van der Waals surface area contributed by atoms with E-state index in [-0.39, 0.29) is 18.9 Å². The van der Waals surface area contributed by atoms with Gasteiger partial charge in [-0.1, -0.05) is 13.8 Å². The van der Waals surface area contributed by atoms with Crippen LogP contribution in [-0.2, 0) is 15.1 Å². The molecule has 0 spiro atoms. The molecule has 0 saturated carbocycles. The number of hydrogen-bond donors (Lipinski definition) is 2. The first kappa shape index (κ1) is 15.2. The molecule has 1 amide bonds. The first-order valence-corrected chi connectivity index (χ1v) is 6.30. The number of carbonyl (C=O) groups excluding carboxylic acids is 1. The molecule has 0 atom stereocenters. The van der Waals surface area contributed by atoms with E-state index in [4.69, 9.17) is 5.11 Å². The number of nitrogens with zero attached hydrogens (tertiary/aromatic N) is 2. The summed E-state index contributed by atoms with van der Waals surface area (Å²) in [5, 5.41) is 15.4. The Balaban J connectivity index is 2.72. The Hall–Kier alpha value is -1.85. The van der Waals surface area contributed by atoms with E-state index in [1.165, 1.54) is 0 Å². The van der Waals surface area contributed by atoms with Crippen molar-refractivity contribution in [3.8, 4) is 0 Å². The number of aromatic nitrogens is 2. The minimum atomic E-state index is -0.931. The topological polar surface area (TPSA) is 84.2 Å². The number of carboxylic acids is 1. The Bertz CT molecular complexity index is 463. The monoisotopic (exact) mass is 267 g/mol. The number of carbonyl (C=O) groups is 2. The average Bonchev–Trinajstić information content (AvgIpc) is 2.78. The van der Waals surface area contributed by atoms with Crippen LogP contribution in [0.25, 0.3) is 0 Å². The summed E-state index contributed by atoms with van der Waals surface area (Å²) in [6.07, 6.45) is 3.51. The van der Waals surface area contributed by atoms with Gasteiger partial charge in [-0.2, -0.15) is 5.10 Å². The van der Waals surface area contributed by atoms with Gasteiger partial charge < -0.3 is 10.4 Å². The second kappa shape index (κ2) is 5.86. The highest BCUT2D eigenvalue weighted by molar-refractivity contribution is 5.83. The molecule has 6 heteroatoms. The molecule has 0 fully saturated rings. The van der Waals surface area contributed by atoms with Crippen LogP contribution in [0.1, 0.15) is 45.6 Å². The average molecular weight is 267 g/mol. The Morgan fingerprint density at radius 2 is 2.11 bits per heavy atom. The summed E-state index contributed by atoms with van der Waals surface area (Å²) >= 11 is 0. The third-order valence-corrected chi connectivity index (χ3v) is 3.02. The third-order valence-electron chi connectivity index (χ3n) is 3.02. The molecule has 1 aromatic rings. The molecule has 19 heavy (non-hydrogen) atoms. The van der Waals surface area contributed by atoms with Crippen LogP contribution >= 0.6 is 0 Å². The molecular weight excluding hydrogens is 246 g/mol. The van der Waals surface area contributed by atoms with Crippen LogP contribution in [0.2, 0.25) is 0 Å². The standard InChI is InChI=1S/C13H21N3O3/c1-9(2)10-7-15-16(8-10)13(3,4)12(19)14-6-5-11(17)18/h7-9H,5-6H2,1-4H3,(H,14,19)(H,17,18). The molecule has 6 nitrogen and oxygen atoms in total. The van der Waals surface area contributed by atoms with Gasteiger partial charge in [0.1, 0.15) is 5.54 Å². The molecule has 0 aromatic carbocycles. The highest BCUT2D eigenvalue weighted by atomic mass is 16.4. The lowest BCUT2D eigenvalue weighted by Crippen LogP contribution is -2.45. The van der Waals surface area contributed by atoms with Crippen LogP contribution < -0.4 is 5.32 Å². The summed E-state index contributed by atoms with van der Waals surface area (Å²) in [6, 6.07) is 0. The number of carboxylic acid groups (broad SMARTS) is 1. The van der Waals surface area contributed by atoms with E-state index in [1.807, 2.05) is 6.20 Å². The van der Waals surface area contributed by atoms with Gasteiger partial charge in [-0.3, -0.25) is 14.3 Å². The van der Waals surface area contributed by atoms with E-state index >= 15 is 0 Å². The van der Waals surface area contributed by atoms with E-state index < -0.39 is 11.5 Å². The van der Waals surface area contributed by atoms with Crippen molar-refractivity contribution in [1.29, 1.82) is 0 Å². The van der Waals surface area contributed by atoms with Crippen LogP contribution in [0.4, 0.5) is 0 Å². The lowest BCUT2D eigenvalue weighted by molar-refractivity contribution is -0.137. The van der Waals surface area contributed by atoms with Gasteiger partial charge in [0, 0.05) is 12.7 Å². The highest BCUT2D eigenvalue weighted by Gasteiger charge is 2.30. The Labute approximate surface area is 112 Å². The molecule has 0 aliphatic rings. The van der Waals surface area contributed by atoms with Crippen molar-refractivity contribution in [3.05, 3.63) is 18.0 Å². The van der Waals surface area contributed by atoms with E-state index in [2.05, 4.69) is 24.3 Å². The second-order valence-corrected chi connectivity index (χ2v) is 5.33. The van der Waals surface area contributed by atoms with E-state index in [9.17, 15) is 9.59 Å². The normalized spacial score (nSPS) is 11.6. The van der Waals surface area contributed by atoms with Gasteiger partial charge in [0.05, 0.1) is 12.6 Å². The number of hydrogen-bond acceptors (Lipinski definition) is 3. The highest BCUT2D eigenvalue weighted by Crippen LogP contribution is 2.19. The van der Waals surface area contributed by atoms with Gasteiger partial charge in [-0.15, -0.1) is 0 Å². The Morgan fingerprint density at radius 1 is 1.47 bits per heavy atom. The van der Waals surface area contributed by atoms with Crippen LogP contribution in [0, 0.1) is 0 Å². The molecule has 0 saturated heterocycles. The minimum absolute atomic E-state index is 0.0851. The Kier molecular flexibility index (Phi) is 4.69. The molecule has 106 valence electrons. The molecule has 0 bridgehead atoms. The predicted octanol–water partition coefficient (Wildman–Crippen LogP) is 1.33. The maximum Gasteiger partial charge on any atom is 0.305 e. The fourth-order valence-corrected chi connectivity index (χ4v) is 1.54. The zero-order valence-corrected chi connectivity index (χ0v) is 11.8. The van der Waals surface area contributed by atoms with Crippen LogP contribution in [-0.4, -0.2) is 33.3 Å². The number of rotatable bonds is 6. The van der Waals surface area contributed by atoms with Gasteiger partial charge in [0.15, 0.2) is 0 Å². The number of amides is 1. The summed E-state index contributed by atoms with van der Waals surface area (Å²) in [5.74, 6) is -0.828. The van der Waals surface area contributed by atoms with Crippen molar-refractivity contribution in [2.24, 2.45) is 0 Å². The number of aliphatic carboxylic acids is 1. The van der Waals surface area contributed by atoms with Crippen LogP contribution in [0.3, 0.4) is 0 Å². The quantitative estimate of drug-likeness (QED) is 0.814. The molecule has 1 aromatic heterocycles. The van der Waals surface area contributed by atoms with Crippen LogP contribution in [0.5, 0.6) is 0 Å². The van der Waals surface area contributed by atoms with Gasteiger partial charge in [0.25, 0.3) is 0 Å². The van der Waals surface area contributed by atoms with E-state index in [1.54, 1.807) is 24.7 Å². The lowest BCUT2D eigenvalue weighted by atomic mass is 10.0.